The summed E-state index contributed by atoms with van der Waals surface area (Å²) in [6, 6.07) is 28.9. The number of carbonyl (C=O) groups excluding carboxylic acids is 1. The topological polar surface area (TPSA) is 43.4 Å². The standard InChI is InChI=1S/C25H25O3P/c1-25(2)18-22(23(28-24(25)26)19-12-6-3-7-13-19)29(27,20-14-8-4-9-15-20)21-16-10-5-11-17-21/h3-17,22-23H,18H2,1-2H3/t22-,23+/m1/s1. The average molecular weight is 404 g/mol. The maximum atomic E-state index is 15.0. The average Bonchev–Trinajstić information content (AvgIpc) is 2.76. The van der Waals surface area contributed by atoms with Crippen molar-refractivity contribution < 1.29 is 14.1 Å². The van der Waals surface area contributed by atoms with Crippen molar-refractivity contribution in [2.75, 3.05) is 0 Å². The van der Waals surface area contributed by atoms with Crippen LogP contribution in [0.1, 0.15) is 31.9 Å². The molecule has 0 saturated carbocycles. The Morgan fingerprint density at radius 2 is 1.24 bits per heavy atom. The largest absolute Gasteiger partial charge is 0.456 e. The van der Waals surface area contributed by atoms with Crippen molar-refractivity contribution in [3.63, 3.8) is 0 Å². The second-order valence-electron chi connectivity index (χ2n) is 8.22. The first-order valence-corrected chi connectivity index (χ1v) is 11.7. The predicted octanol–water partition coefficient (Wildman–Crippen LogP) is 5.08. The highest BCUT2D eigenvalue weighted by Gasteiger charge is 2.52. The Labute approximate surface area is 172 Å². The van der Waals surface area contributed by atoms with Gasteiger partial charge >= 0.3 is 5.97 Å². The van der Waals surface area contributed by atoms with Crippen molar-refractivity contribution in [3.8, 4) is 0 Å². The molecule has 1 aliphatic heterocycles. The smallest absolute Gasteiger partial charge is 0.312 e. The van der Waals surface area contributed by atoms with Crippen LogP contribution in [0.25, 0.3) is 0 Å². The predicted molar refractivity (Wildman–Crippen MR) is 117 cm³/mol. The lowest BCUT2D eigenvalue weighted by Gasteiger charge is -2.43. The van der Waals surface area contributed by atoms with Crippen LogP contribution >= 0.6 is 7.14 Å². The Balaban J connectivity index is 1.93. The lowest BCUT2D eigenvalue weighted by atomic mass is 9.83. The van der Waals surface area contributed by atoms with Crippen LogP contribution in [0.2, 0.25) is 0 Å². The summed E-state index contributed by atoms with van der Waals surface area (Å²) in [6.45, 7) is 3.76. The first-order valence-electron chi connectivity index (χ1n) is 9.90. The zero-order valence-electron chi connectivity index (χ0n) is 16.7. The van der Waals surface area contributed by atoms with E-state index in [0.717, 1.165) is 16.2 Å². The van der Waals surface area contributed by atoms with Crippen molar-refractivity contribution >= 4 is 23.7 Å². The minimum atomic E-state index is -3.10. The normalized spacial score (nSPS) is 21.4. The molecule has 1 heterocycles. The van der Waals surface area contributed by atoms with E-state index in [1.54, 1.807) is 0 Å². The van der Waals surface area contributed by atoms with Crippen LogP contribution in [0.15, 0.2) is 91.0 Å². The fourth-order valence-electron chi connectivity index (χ4n) is 4.15. The number of ether oxygens (including phenoxy) is 1. The van der Waals surface area contributed by atoms with Gasteiger partial charge < -0.3 is 9.30 Å². The number of benzene rings is 3. The van der Waals surface area contributed by atoms with Gasteiger partial charge in [-0.2, -0.15) is 0 Å². The summed E-state index contributed by atoms with van der Waals surface area (Å²) in [5.74, 6) is -0.240. The van der Waals surface area contributed by atoms with E-state index < -0.39 is 18.7 Å². The fourth-order valence-corrected chi connectivity index (χ4v) is 7.77. The lowest BCUT2D eigenvalue weighted by Crippen LogP contribution is -2.44. The van der Waals surface area contributed by atoms with E-state index in [1.165, 1.54) is 0 Å². The minimum Gasteiger partial charge on any atom is -0.456 e. The van der Waals surface area contributed by atoms with Gasteiger partial charge in [-0.1, -0.05) is 91.0 Å². The number of hydrogen-bond acceptors (Lipinski definition) is 3. The van der Waals surface area contributed by atoms with E-state index in [-0.39, 0.29) is 11.6 Å². The first-order chi connectivity index (χ1) is 13.9. The number of esters is 1. The van der Waals surface area contributed by atoms with Crippen LogP contribution in [0.3, 0.4) is 0 Å². The Bertz CT molecular complexity index is 986. The third kappa shape index (κ3) is 3.56. The molecule has 148 valence electrons. The molecule has 3 nitrogen and oxygen atoms in total. The summed E-state index contributed by atoms with van der Waals surface area (Å²) in [6.07, 6.45) is -0.0603. The monoisotopic (exact) mass is 404 g/mol. The van der Waals surface area contributed by atoms with E-state index in [2.05, 4.69) is 0 Å². The van der Waals surface area contributed by atoms with Gasteiger partial charge in [-0.3, -0.25) is 4.79 Å². The molecule has 1 fully saturated rings. The van der Waals surface area contributed by atoms with Gasteiger partial charge in [0, 0.05) is 10.6 Å². The number of cyclic esters (lactones) is 1. The summed E-state index contributed by atoms with van der Waals surface area (Å²) in [5.41, 5.74) is -0.161. The highest BCUT2D eigenvalue weighted by Crippen LogP contribution is 2.59. The molecule has 0 radical (unpaired) electrons. The molecule has 1 saturated heterocycles. The van der Waals surface area contributed by atoms with Gasteiger partial charge in [0.05, 0.1) is 11.1 Å². The first kappa shape index (κ1) is 19.7. The van der Waals surface area contributed by atoms with Crippen LogP contribution in [0, 0.1) is 5.41 Å². The van der Waals surface area contributed by atoms with Gasteiger partial charge in [-0.25, -0.2) is 0 Å². The zero-order chi connectivity index (χ0) is 20.5. The SMILES string of the molecule is CC1(C)C[C@@H](P(=O)(c2ccccc2)c2ccccc2)[C@H](c2ccccc2)OC1=O. The molecule has 0 bridgehead atoms. The third-order valence-corrected chi connectivity index (χ3v) is 9.25. The van der Waals surface area contributed by atoms with Gasteiger partial charge in [0.25, 0.3) is 0 Å². The van der Waals surface area contributed by atoms with Crippen molar-refractivity contribution in [1.82, 2.24) is 0 Å². The minimum absolute atomic E-state index is 0.240. The highest BCUT2D eigenvalue weighted by molar-refractivity contribution is 7.79. The quantitative estimate of drug-likeness (QED) is 0.450. The molecule has 0 unspecified atom stereocenters. The Morgan fingerprint density at radius 3 is 1.72 bits per heavy atom. The van der Waals surface area contributed by atoms with Gasteiger partial charge in [0.15, 0.2) is 0 Å². The lowest BCUT2D eigenvalue weighted by molar-refractivity contribution is -0.167. The van der Waals surface area contributed by atoms with E-state index in [0.29, 0.717) is 6.42 Å². The van der Waals surface area contributed by atoms with Crippen molar-refractivity contribution in [1.29, 1.82) is 0 Å². The Hall–Kier alpha value is -2.64. The second kappa shape index (κ2) is 7.65. The number of carbonyl (C=O) groups is 1. The molecule has 0 N–H and O–H groups in total. The van der Waals surface area contributed by atoms with E-state index in [4.69, 9.17) is 4.74 Å². The van der Waals surface area contributed by atoms with Crippen molar-refractivity contribution in [2.24, 2.45) is 5.41 Å². The molecule has 0 aromatic heterocycles. The number of rotatable bonds is 4. The van der Waals surface area contributed by atoms with Crippen molar-refractivity contribution in [2.45, 2.75) is 32.0 Å². The Morgan fingerprint density at radius 1 is 0.793 bits per heavy atom. The number of hydrogen-bond donors (Lipinski definition) is 0. The molecule has 0 amide bonds. The molecule has 3 aromatic rings. The Kier molecular flexibility index (Phi) is 5.19. The molecule has 1 aliphatic rings. The van der Waals surface area contributed by atoms with Gasteiger partial charge in [0.2, 0.25) is 0 Å². The van der Waals surface area contributed by atoms with Crippen molar-refractivity contribution in [3.05, 3.63) is 96.6 Å². The summed E-state index contributed by atoms with van der Waals surface area (Å²) in [7, 11) is -3.10. The fraction of sp³-hybridized carbons (Fsp3) is 0.240. The van der Waals surface area contributed by atoms with E-state index >= 15 is 0 Å². The molecule has 4 heteroatoms. The molecule has 4 rings (SSSR count). The molecule has 29 heavy (non-hydrogen) atoms. The van der Waals surface area contributed by atoms with E-state index in [9.17, 15) is 9.36 Å². The molecule has 0 spiro atoms. The van der Waals surface area contributed by atoms with Gasteiger partial charge in [0.1, 0.15) is 13.2 Å². The van der Waals surface area contributed by atoms with Crippen LogP contribution in [-0.4, -0.2) is 11.6 Å². The summed E-state index contributed by atoms with van der Waals surface area (Å²) in [5, 5.41) is 1.59. The molecular formula is C25H25O3P. The van der Waals surface area contributed by atoms with Crippen LogP contribution in [-0.2, 0) is 14.1 Å². The molecule has 2 atom stereocenters. The summed E-state index contributed by atoms with van der Waals surface area (Å²) < 4.78 is 20.9. The van der Waals surface area contributed by atoms with Crippen LogP contribution < -0.4 is 10.6 Å². The molecule has 3 aromatic carbocycles. The summed E-state index contributed by atoms with van der Waals surface area (Å²) >= 11 is 0. The van der Waals surface area contributed by atoms with E-state index in [1.807, 2.05) is 105 Å². The maximum absolute atomic E-state index is 15.0. The maximum Gasteiger partial charge on any atom is 0.312 e. The summed E-state index contributed by atoms with van der Waals surface area (Å²) in [4.78, 5) is 12.7. The zero-order valence-corrected chi connectivity index (χ0v) is 17.6. The second-order valence-corrected chi connectivity index (χ2v) is 11.2. The molecular weight excluding hydrogens is 379 g/mol. The van der Waals surface area contributed by atoms with Gasteiger partial charge in [-0.05, 0) is 25.8 Å². The van der Waals surface area contributed by atoms with Crippen LogP contribution in [0.5, 0.6) is 0 Å². The third-order valence-electron chi connectivity index (χ3n) is 5.73. The molecule has 0 aliphatic carbocycles. The van der Waals surface area contributed by atoms with Crippen LogP contribution in [0.4, 0.5) is 0 Å². The highest BCUT2D eigenvalue weighted by atomic mass is 31.2. The van der Waals surface area contributed by atoms with Gasteiger partial charge in [-0.15, -0.1) is 0 Å².